The number of nitrogens with zero attached hydrogens (tertiary/aromatic N) is 7. The van der Waals surface area contributed by atoms with Crippen molar-refractivity contribution in [3.63, 3.8) is 0 Å². The zero-order valence-corrected chi connectivity index (χ0v) is 21.2. The van der Waals surface area contributed by atoms with Crippen molar-refractivity contribution >= 4 is 28.3 Å². The molecule has 2 aromatic carbocycles. The van der Waals surface area contributed by atoms with E-state index in [0.717, 1.165) is 4.57 Å². The summed E-state index contributed by atoms with van der Waals surface area (Å²) in [6.07, 6.45) is 4.64. The summed E-state index contributed by atoms with van der Waals surface area (Å²) in [5, 5.41) is 11.0. The summed E-state index contributed by atoms with van der Waals surface area (Å²) >= 11 is 0. The van der Waals surface area contributed by atoms with Crippen LogP contribution in [0.1, 0.15) is 47.3 Å². The second kappa shape index (κ2) is 9.85. The molecule has 40 heavy (non-hydrogen) atoms. The zero-order valence-electron chi connectivity index (χ0n) is 26.2. The molecule has 6 aromatic rings. The fourth-order valence-electron chi connectivity index (χ4n) is 4.30. The Kier molecular flexibility index (Phi) is 4.76. The second-order valence-corrected chi connectivity index (χ2v) is 8.72. The lowest BCUT2D eigenvalue weighted by Crippen LogP contribution is -2.33. The van der Waals surface area contributed by atoms with Crippen molar-refractivity contribution in [1.82, 2.24) is 39.2 Å². The van der Waals surface area contributed by atoms with Gasteiger partial charge in [-0.2, -0.15) is 5.10 Å². The Balaban J connectivity index is 1.59. The average Bonchev–Trinajstić information content (AvgIpc) is 3.59. The van der Waals surface area contributed by atoms with Crippen LogP contribution in [0.2, 0.25) is 0 Å². The molecule has 0 radical (unpaired) electrons. The Morgan fingerprint density at radius 3 is 2.73 bits per heavy atom. The van der Waals surface area contributed by atoms with E-state index in [9.17, 15) is 9.59 Å². The minimum Gasteiger partial charge on any atom is -0.381 e. The Labute approximate surface area is 234 Å². The molecule has 11 heteroatoms. The molecule has 0 aliphatic heterocycles. The number of benzene rings is 2. The van der Waals surface area contributed by atoms with Crippen molar-refractivity contribution in [1.29, 1.82) is 0 Å². The van der Waals surface area contributed by atoms with Gasteiger partial charge in [-0.15, -0.1) is 5.10 Å². The first kappa shape index (κ1) is 19.3. The van der Waals surface area contributed by atoms with Gasteiger partial charge in [0.15, 0.2) is 11.5 Å². The number of hydrogen-bond acceptors (Lipinski definition) is 7. The molecule has 4 aromatic heterocycles. The van der Waals surface area contributed by atoms with E-state index in [1.807, 2.05) is 0 Å². The van der Waals surface area contributed by atoms with Crippen LogP contribution in [0, 0.1) is 11.8 Å². The van der Waals surface area contributed by atoms with Crippen LogP contribution >= 0.6 is 0 Å². The summed E-state index contributed by atoms with van der Waals surface area (Å²) in [4.78, 5) is 36.8. The van der Waals surface area contributed by atoms with E-state index >= 15 is 0 Å². The lowest BCUT2D eigenvalue weighted by Gasteiger charge is -2.20. The minimum atomic E-state index is -1.05. The van der Waals surface area contributed by atoms with Crippen LogP contribution in [0.5, 0.6) is 0 Å². The standard InChI is InChI=1S/C29H23N9O2/c1-18(33-28(39)24-25(30)35-37-17-7-15-31-27(24)37)26-34-22-11-6-8-19(12-13-20-14-16-32-36(20)2)23(22)29(40)38(26)21-9-4-3-5-10-21/h3-11,14-18H,1-2H3,(H2,30,35)(H,33,39)/i3D,4D,5D,9D,10D. The summed E-state index contributed by atoms with van der Waals surface area (Å²) in [5.41, 5.74) is 6.14. The Bertz CT molecular complexity index is 2290. The number of rotatable bonds is 4. The molecule has 0 fully saturated rings. The topological polar surface area (TPSA) is 138 Å². The van der Waals surface area contributed by atoms with Crippen LogP contribution in [-0.4, -0.2) is 39.8 Å². The number of anilines is 1. The van der Waals surface area contributed by atoms with E-state index < -0.39 is 53.4 Å². The van der Waals surface area contributed by atoms with E-state index in [-0.39, 0.29) is 33.8 Å². The summed E-state index contributed by atoms with van der Waals surface area (Å²) in [5.74, 6) is 5.09. The second-order valence-electron chi connectivity index (χ2n) is 8.72. The molecule has 0 aliphatic rings. The molecule has 6 rings (SSSR count). The molecule has 0 saturated heterocycles. The predicted octanol–water partition coefficient (Wildman–Crippen LogP) is 2.63. The number of aromatic nitrogens is 7. The smallest absolute Gasteiger partial charge is 0.267 e. The minimum absolute atomic E-state index is 0.00679. The molecule has 1 atom stereocenters. The first-order valence-corrected chi connectivity index (χ1v) is 12.0. The van der Waals surface area contributed by atoms with Crippen molar-refractivity contribution in [3.8, 4) is 17.5 Å². The van der Waals surface area contributed by atoms with E-state index in [4.69, 9.17) is 12.6 Å². The summed E-state index contributed by atoms with van der Waals surface area (Å²) in [7, 11) is 1.72. The van der Waals surface area contributed by atoms with Gasteiger partial charge in [0.2, 0.25) is 0 Å². The van der Waals surface area contributed by atoms with Crippen LogP contribution in [0.3, 0.4) is 0 Å². The molecule has 3 N–H and O–H groups in total. The number of hydrogen-bond donors (Lipinski definition) is 2. The average molecular weight is 535 g/mol. The third-order valence-electron chi connectivity index (χ3n) is 6.16. The Morgan fingerprint density at radius 2 is 1.95 bits per heavy atom. The zero-order chi connectivity index (χ0) is 32.2. The van der Waals surface area contributed by atoms with Crippen LogP contribution in [-0.2, 0) is 7.05 Å². The van der Waals surface area contributed by atoms with Gasteiger partial charge in [-0.25, -0.2) is 14.5 Å². The first-order chi connectivity index (χ1) is 21.5. The highest BCUT2D eigenvalue weighted by Crippen LogP contribution is 2.22. The molecule has 0 aliphatic carbocycles. The van der Waals surface area contributed by atoms with E-state index in [1.165, 1.54) is 10.7 Å². The van der Waals surface area contributed by atoms with Crippen molar-refractivity contribution in [3.05, 3.63) is 112 Å². The number of nitrogens with two attached hydrogens (primary N) is 1. The lowest BCUT2D eigenvalue weighted by molar-refractivity contribution is 0.0940. The fraction of sp³-hybridized carbons (Fsp3) is 0.103. The molecule has 0 spiro atoms. The van der Waals surface area contributed by atoms with Gasteiger partial charge in [0.1, 0.15) is 17.1 Å². The first-order valence-electron chi connectivity index (χ1n) is 14.5. The number of nitrogens with one attached hydrogen (secondary N) is 1. The number of carbonyl (C=O) groups excluding carboxylic acids is 1. The highest BCUT2D eigenvalue weighted by Gasteiger charge is 2.24. The molecule has 11 nitrogen and oxygen atoms in total. The van der Waals surface area contributed by atoms with Crippen LogP contribution in [0.4, 0.5) is 5.82 Å². The quantitative estimate of drug-likeness (QED) is 0.332. The van der Waals surface area contributed by atoms with Gasteiger partial charge in [0.05, 0.1) is 35.7 Å². The van der Waals surface area contributed by atoms with Crippen molar-refractivity contribution < 1.29 is 11.6 Å². The van der Waals surface area contributed by atoms with Gasteiger partial charge >= 0.3 is 0 Å². The van der Waals surface area contributed by atoms with E-state index in [1.54, 1.807) is 61.4 Å². The number of amides is 1. The Hall–Kier alpha value is -5.76. The predicted molar refractivity (Wildman–Crippen MR) is 150 cm³/mol. The van der Waals surface area contributed by atoms with Gasteiger partial charge in [0.25, 0.3) is 11.5 Å². The molecule has 1 unspecified atom stereocenters. The molecule has 196 valence electrons. The fourth-order valence-corrected chi connectivity index (χ4v) is 4.30. The molecule has 1 amide bonds. The monoisotopic (exact) mass is 534 g/mol. The molecule has 4 heterocycles. The van der Waals surface area contributed by atoms with Crippen molar-refractivity contribution in [2.45, 2.75) is 13.0 Å². The number of fused-ring (bicyclic) bond motifs is 2. The largest absolute Gasteiger partial charge is 0.381 e. The van der Waals surface area contributed by atoms with Crippen LogP contribution in [0.15, 0.2) is 83.9 Å². The summed E-state index contributed by atoms with van der Waals surface area (Å²) in [6, 6.07) is 3.98. The summed E-state index contributed by atoms with van der Waals surface area (Å²) in [6.45, 7) is 1.54. The Morgan fingerprint density at radius 1 is 1.12 bits per heavy atom. The maximum Gasteiger partial charge on any atom is 0.267 e. The third-order valence-corrected chi connectivity index (χ3v) is 6.16. The number of aryl methyl sites for hydroxylation is 1. The molecule has 0 saturated carbocycles. The van der Waals surface area contributed by atoms with Gasteiger partial charge < -0.3 is 11.1 Å². The molecular weight excluding hydrogens is 506 g/mol. The molecular formula is C29H23N9O2. The van der Waals surface area contributed by atoms with Gasteiger partial charge in [-0.05, 0) is 49.2 Å². The van der Waals surface area contributed by atoms with Crippen molar-refractivity contribution in [2.24, 2.45) is 7.05 Å². The normalized spacial score (nSPS) is 13.5. The van der Waals surface area contributed by atoms with E-state index in [2.05, 4.69) is 37.3 Å². The SMILES string of the molecule is [2H]c1c([2H])c([2H])c(-n2c(C(C)NC(=O)c3c(N)nn4cccnc34)nc3cccc(C#Cc4ccnn4C)c3c2=O)c([2H])c1[2H]. The van der Waals surface area contributed by atoms with Gasteiger partial charge in [-0.3, -0.25) is 18.8 Å². The lowest BCUT2D eigenvalue weighted by atomic mass is 10.1. The molecule has 0 bridgehead atoms. The maximum atomic E-state index is 14.4. The summed E-state index contributed by atoms with van der Waals surface area (Å²) < 4.78 is 45.6. The van der Waals surface area contributed by atoms with Crippen LogP contribution < -0.4 is 16.6 Å². The van der Waals surface area contributed by atoms with Crippen molar-refractivity contribution in [2.75, 3.05) is 5.73 Å². The van der Waals surface area contributed by atoms with Gasteiger partial charge in [-0.1, -0.05) is 30.1 Å². The van der Waals surface area contributed by atoms with E-state index in [0.29, 0.717) is 11.3 Å². The maximum absolute atomic E-state index is 14.4. The number of nitrogen functional groups attached to an aromatic ring is 1. The highest BCUT2D eigenvalue weighted by atomic mass is 16.2. The van der Waals surface area contributed by atoms with Crippen LogP contribution in [0.25, 0.3) is 22.2 Å². The number of carbonyl (C=O) groups is 1. The third kappa shape index (κ3) is 4.23. The van der Waals surface area contributed by atoms with Gasteiger partial charge in [0, 0.05) is 25.0 Å². The highest BCUT2D eigenvalue weighted by molar-refractivity contribution is 6.04. The number of para-hydroxylation sites is 1.